The number of rotatable bonds is 3. The van der Waals surface area contributed by atoms with Crippen molar-refractivity contribution in [2.24, 2.45) is 5.73 Å². The Balaban J connectivity index is 3.30. The van der Waals surface area contributed by atoms with Gasteiger partial charge >= 0.3 is 0 Å². The first-order valence-corrected chi connectivity index (χ1v) is 5.00. The number of aliphatic hydroxyl groups is 1. The van der Waals surface area contributed by atoms with Crippen molar-refractivity contribution in [2.75, 3.05) is 11.9 Å². The number of hydrogen-bond donors (Lipinski definition) is 4. The van der Waals surface area contributed by atoms with E-state index in [2.05, 4.69) is 5.32 Å². The van der Waals surface area contributed by atoms with Gasteiger partial charge in [0, 0.05) is 17.5 Å². The van der Waals surface area contributed by atoms with Crippen molar-refractivity contribution < 1.29 is 15.0 Å². The minimum atomic E-state index is -0.763. The first-order chi connectivity index (χ1) is 7.47. The molecule has 5 nitrogen and oxygen atoms in total. The molecule has 1 aromatic rings. The Labute approximate surface area is 97.8 Å². The second kappa shape index (κ2) is 5.16. The number of anilines is 1. The lowest BCUT2D eigenvalue weighted by Gasteiger charge is -2.17. The van der Waals surface area contributed by atoms with Crippen molar-refractivity contribution in [1.29, 1.82) is 0 Å². The number of amides is 1. The number of benzene rings is 1. The summed E-state index contributed by atoms with van der Waals surface area (Å²) in [7, 11) is 0. The zero-order valence-electron chi connectivity index (χ0n) is 8.70. The van der Waals surface area contributed by atoms with Gasteiger partial charge in [-0.1, -0.05) is 11.6 Å². The molecule has 16 heavy (non-hydrogen) atoms. The molecule has 88 valence electrons. The van der Waals surface area contributed by atoms with Gasteiger partial charge in [-0.2, -0.15) is 0 Å². The van der Waals surface area contributed by atoms with Gasteiger partial charge in [-0.3, -0.25) is 4.79 Å². The largest absolute Gasteiger partial charge is 0.506 e. The number of halogens is 1. The molecule has 0 aliphatic carbocycles. The van der Waals surface area contributed by atoms with E-state index in [4.69, 9.17) is 22.4 Å². The van der Waals surface area contributed by atoms with E-state index < -0.39 is 6.04 Å². The second-order valence-corrected chi connectivity index (χ2v) is 3.73. The van der Waals surface area contributed by atoms with Crippen LogP contribution < -0.4 is 11.1 Å². The maximum absolute atomic E-state index is 11.0. The zero-order valence-corrected chi connectivity index (χ0v) is 9.45. The lowest BCUT2D eigenvalue weighted by molar-refractivity contribution is -0.114. The van der Waals surface area contributed by atoms with E-state index in [1.165, 1.54) is 19.1 Å². The summed E-state index contributed by atoms with van der Waals surface area (Å²) in [4.78, 5) is 11.0. The summed E-state index contributed by atoms with van der Waals surface area (Å²) in [5, 5.41) is 21.3. The van der Waals surface area contributed by atoms with Crippen LogP contribution in [0.2, 0.25) is 5.02 Å². The molecule has 0 radical (unpaired) electrons. The maximum Gasteiger partial charge on any atom is 0.221 e. The molecule has 1 amide bonds. The van der Waals surface area contributed by atoms with Gasteiger partial charge in [0.05, 0.1) is 18.3 Å². The molecule has 0 saturated heterocycles. The Kier molecular flexibility index (Phi) is 4.12. The van der Waals surface area contributed by atoms with Crippen molar-refractivity contribution in [3.8, 4) is 5.75 Å². The average Bonchev–Trinajstić information content (AvgIpc) is 2.22. The third-order valence-corrected chi connectivity index (χ3v) is 2.37. The summed E-state index contributed by atoms with van der Waals surface area (Å²) in [5.41, 5.74) is 6.10. The average molecular weight is 245 g/mol. The highest BCUT2D eigenvalue weighted by atomic mass is 35.5. The number of aromatic hydroxyl groups is 1. The molecule has 1 unspecified atom stereocenters. The quantitative estimate of drug-likeness (QED) is 0.597. The molecule has 1 aromatic carbocycles. The lowest BCUT2D eigenvalue weighted by Crippen LogP contribution is -2.18. The Bertz CT molecular complexity index is 409. The molecule has 0 aromatic heterocycles. The second-order valence-electron chi connectivity index (χ2n) is 3.33. The Hall–Kier alpha value is -1.30. The molecule has 0 bridgehead atoms. The van der Waals surface area contributed by atoms with Gasteiger partial charge in [-0.25, -0.2) is 0 Å². The summed E-state index contributed by atoms with van der Waals surface area (Å²) < 4.78 is 0. The molecule has 6 heteroatoms. The molecule has 1 atom stereocenters. The standard InChI is InChI=1S/C10H13ClN2O3/c1-5(15)13-10-8(16)3-2-6(11)9(10)7(12)4-14/h2-3,7,14,16H,4,12H2,1H3,(H,13,15). The first kappa shape index (κ1) is 12.8. The fourth-order valence-corrected chi connectivity index (χ4v) is 1.64. The van der Waals surface area contributed by atoms with Gasteiger partial charge in [-0.15, -0.1) is 0 Å². The number of phenols is 1. The summed E-state index contributed by atoms with van der Waals surface area (Å²) >= 11 is 5.90. The van der Waals surface area contributed by atoms with Crippen molar-refractivity contribution in [3.63, 3.8) is 0 Å². The molecule has 0 fully saturated rings. The number of carbonyl (C=O) groups excluding carboxylic acids is 1. The minimum absolute atomic E-state index is 0.140. The predicted octanol–water partition coefficient (Wildman–Crippen LogP) is 0.996. The van der Waals surface area contributed by atoms with E-state index in [1.807, 2.05) is 0 Å². The molecule has 0 aliphatic rings. The molecular weight excluding hydrogens is 232 g/mol. The monoisotopic (exact) mass is 244 g/mol. The van der Waals surface area contributed by atoms with E-state index in [0.717, 1.165) is 0 Å². The van der Waals surface area contributed by atoms with Crippen LogP contribution in [0.1, 0.15) is 18.5 Å². The first-order valence-electron chi connectivity index (χ1n) is 4.62. The highest BCUT2D eigenvalue weighted by molar-refractivity contribution is 6.32. The fourth-order valence-electron chi connectivity index (χ4n) is 1.34. The van der Waals surface area contributed by atoms with Crippen LogP contribution in [0.15, 0.2) is 12.1 Å². The number of aliphatic hydroxyl groups excluding tert-OH is 1. The van der Waals surface area contributed by atoms with Gasteiger partial charge in [-0.05, 0) is 12.1 Å². The summed E-state index contributed by atoms with van der Waals surface area (Å²) in [6.45, 7) is 0.963. The number of hydrogen-bond acceptors (Lipinski definition) is 4. The Morgan fingerprint density at radius 1 is 1.62 bits per heavy atom. The third kappa shape index (κ3) is 2.63. The predicted molar refractivity (Wildman–Crippen MR) is 61.4 cm³/mol. The van der Waals surface area contributed by atoms with Crippen molar-refractivity contribution in [3.05, 3.63) is 22.7 Å². The lowest BCUT2D eigenvalue weighted by atomic mass is 10.0. The number of phenolic OH excluding ortho intramolecular Hbond substituents is 1. The summed E-state index contributed by atoms with van der Waals surface area (Å²) in [5.74, 6) is -0.498. The molecular formula is C10H13ClN2O3. The van der Waals surface area contributed by atoms with Crippen LogP contribution in [0.25, 0.3) is 0 Å². The molecule has 0 spiro atoms. The minimum Gasteiger partial charge on any atom is -0.506 e. The topological polar surface area (TPSA) is 95.6 Å². The van der Waals surface area contributed by atoms with Crippen LogP contribution in [-0.2, 0) is 4.79 Å². The normalized spacial score (nSPS) is 12.2. The van der Waals surface area contributed by atoms with E-state index in [-0.39, 0.29) is 29.0 Å². The maximum atomic E-state index is 11.0. The van der Waals surface area contributed by atoms with E-state index in [9.17, 15) is 9.90 Å². The van der Waals surface area contributed by atoms with E-state index in [0.29, 0.717) is 5.56 Å². The third-order valence-electron chi connectivity index (χ3n) is 2.04. The van der Waals surface area contributed by atoms with Gasteiger partial charge in [0.15, 0.2) is 0 Å². The van der Waals surface area contributed by atoms with Gasteiger partial charge in [0.2, 0.25) is 5.91 Å². The Morgan fingerprint density at radius 3 is 2.75 bits per heavy atom. The van der Waals surface area contributed by atoms with Crippen LogP contribution >= 0.6 is 11.6 Å². The van der Waals surface area contributed by atoms with Crippen LogP contribution in [0.3, 0.4) is 0 Å². The molecule has 0 aliphatic heterocycles. The Morgan fingerprint density at radius 2 is 2.25 bits per heavy atom. The number of nitrogens with one attached hydrogen (secondary N) is 1. The van der Waals surface area contributed by atoms with Gasteiger partial charge in [0.1, 0.15) is 5.75 Å². The van der Waals surface area contributed by atoms with Crippen LogP contribution in [-0.4, -0.2) is 22.7 Å². The smallest absolute Gasteiger partial charge is 0.221 e. The van der Waals surface area contributed by atoms with E-state index in [1.54, 1.807) is 0 Å². The molecule has 0 heterocycles. The fraction of sp³-hybridized carbons (Fsp3) is 0.300. The molecule has 5 N–H and O–H groups in total. The highest BCUT2D eigenvalue weighted by Crippen LogP contribution is 2.36. The van der Waals surface area contributed by atoms with Gasteiger partial charge < -0.3 is 21.3 Å². The van der Waals surface area contributed by atoms with Crippen LogP contribution in [0, 0.1) is 0 Å². The highest BCUT2D eigenvalue weighted by Gasteiger charge is 2.18. The SMILES string of the molecule is CC(=O)Nc1c(O)ccc(Cl)c1C(N)CO. The van der Waals surface area contributed by atoms with Crippen LogP contribution in [0.5, 0.6) is 5.75 Å². The molecule has 0 saturated carbocycles. The number of carbonyl (C=O) groups is 1. The van der Waals surface area contributed by atoms with Crippen molar-refractivity contribution >= 4 is 23.2 Å². The van der Waals surface area contributed by atoms with Gasteiger partial charge in [0.25, 0.3) is 0 Å². The molecule has 1 rings (SSSR count). The van der Waals surface area contributed by atoms with Crippen LogP contribution in [0.4, 0.5) is 5.69 Å². The van der Waals surface area contributed by atoms with Crippen molar-refractivity contribution in [1.82, 2.24) is 0 Å². The van der Waals surface area contributed by atoms with E-state index >= 15 is 0 Å². The summed E-state index contributed by atoms with van der Waals surface area (Å²) in [6.07, 6.45) is 0. The van der Waals surface area contributed by atoms with Crippen molar-refractivity contribution in [2.45, 2.75) is 13.0 Å². The zero-order chi connectivity index (χ0) is 12.3. The number of nitrogens with two attached hydrogens (primary N) is 1. The summed E-state index contributed by atoms with van der Waals surface area (Å²) in [6, 6.07) is 2.04.